The maximum absolute atomic E-state index is 9.33. The highest BCUT2D eigenvalue weighted by Gasteiger charge is 2.05. The number of rotatable bonds is 3. The van der Waals surface area contributed by atoms with Gasteiger partial charge in [0.05, 0.1) is 11.6 Å². The van der Waals surface area contributed by atoms with Gasteiger partial charge in [-0.05, 0) is 57.5 Å². The summed E-state index contributed by atoms with van der Waals surface area (Å²) in [4.78, 5) is 0. The summed E-state index contributed by atoms with van der Waals surface area (Å²) in [5, 5.41) is 9.24. The van der Waals surface area contributed by atoms with Crippen LogP contribution in [0.2, 0.25) is 0 Å². The van der Waals surface area contributed by atoms with Crippen LogP contribution in [0.1, 0.15) is 5.56 Å². The minimum atomic E-state index is -0.0931. The van der Waals surface area contributed by atoms with E-state index in [2.05, 4.69) is 15.9 Å². The average Bonchev–Trinajstić information content (AvgIpc) is 2.38. The third-order valence-electron chi connectivity index (χ3n) is 2.59. The molecule has 0 aliphatic rings. The zero-order valence-electron chi connectivity index (χ0n) is 9.68. The number of methoxy groups -OCH3 is 1. The van der Waals surface area contributed by atoms with E-state index in [0.717, 1.165) is 21.3 Å². The Balaban J connectivity index is 2.45. The van der Waals surface area contributed by atoms with Gasteiger partial charge in [-0.1, -0.05) is 24.3 Å². The Morgan fingerprint density at radius 1 is 1.17 bits per heavy atom. The average molecular weight is 323 g/mol. The Bertz CT molecular complexity index is 596. The second-order valence-corrected chi connectivity index (χ2v) is 4.98. The van der Waals surface area contributed by atoms with Gasteiger partial charge in [-0.25, -0.2) is 0 Å². The zero-order valence-corrected chi connectivity index (χ0v) is 12.1. The van der Waals surface area contributed by atoms with E-state index in [1.165, 1.54) is 0 Å². The van der Waals surface area contributed by atoms with E-state index in [0.29, 0.717) is 5.56 Å². The van der Waals surface area contributed by atoms with Crippen molar-refractivity contribution in [2.24, 2.45) is 0 Å². The molecule has 0 unspecified atom stereocenters. The van der Waals surface area contributed by atoms with Crippen LogP contribution in [0.25, 0.3) is 11.1 Å². The summed E-state index contributed by atoms with van der Waals surface area (Å²) < 4.78 is 6.08. The number of hydrogen-bond donors (Lipinski definition) is 1. The van der Waals surface area contributed by atoms with Crippen molar-refractivity contribution in [3.63, 3.8) is 0 Å². The van der Waals surface area contributed by atoms with Crippen molar-refractivity contribution in [2.75, 3.05) is 7.11 Å². The molecule has 2 aromatic rings. The van der Waals surface area contributed by atoms with Crippen LogP contribution in [0, 0.1) is 0 Å². The lowest BCUT2D eigenvalue weighted by Gasteiger charge is -2.07. The van der Waals surface area contributed by atoms with E-state index in [-0.39, 0.29) is 5.05 Å². The van der Waals surface area contributed by atoms with E-state index in [1.807, 2.05) is 36.4 Å². The monoisotopic (exact) mass is 322 g/mol. The molecule has 0 saturated carbocycles. The minimum Gasteiger partial charge on any atom is -0.499 e. The van der Waals surface area contributed by atoms with Gasteiger partial charge in [0.1, 0.15) is 5.75 Å². The summed E-state index contributed by atoms with van der Waals surface area (Å²) in [5.74, 6) is 0.785. The van der Waals surface area contributed by atoms with Gasteiger partial charge in [0, 0.05) is 5.56 Å². The number of aliphatic hydroxyl groups excluding tert-OH is 1. The summed E-state index contributed by atoms with van der Waals surface area (Å²) >= 11 is 8.22. The van der Waals surface area contributed by atoms with E-state index in [4.69, 9.17) is 17.0 Å². The molecule has 1 N–H and O–H groups in total. The van der Waals surface area contributed by atoms with Crippen LogP contribution in [0.4, 0.5) is 0 Å². The third kappa shape index (κ3) is 2.71. The number of benzene rings is 2. The van der Waals surface area contributed by atoms with Gasteiger partial charge in [0.15, 0.2) is 5.05 Å². The van der Waals surface area contributed by atoms with Crippen molar-refractivity contribution in [2.45, 2.75) is 0 Å². The number of halogens is 1. The largest absolute Gasteiger partial charge is 0.499 e. The van der Waals surface area contributed by atoms with Crippen LogP contribution in [-0.4, -0.2) is 17.3 Å². The molecule has 0 radical (unpaired) electrons. The molecule has 18 heavy (non-hydrogen) atoms. The van der Waals surface area contributed by atoms with E-state index in [9.17, 15) is 5.11 Å². The number of thiocarbonyl (C=S) groups is 1. The van der Waals surface area contributed by atoms with Crippen LogP contribution in [-0.2, 0) is 0 Å². The molecule has 2 rings (SSSR count). The molecular formula is C14H11BrO2S. The Kier molecular flexibility index (Phi) is 3.99. The van der Waals surface area contributed by atoms with Crippen LogP contribution in [0.3, 0.4) is 0 Å². The first kappa shape index (κ1) is 13.1. The predicted octanol–water partition coefficient (Wildman–Crippen LogP) is 4.36. The lowest BCUT2D eigenvalue weighted by Crippen LogP contribution is -1.94. The van der Waals surface area contributed by atoms with Gasteiger partial charge in [0.2, 0.25) is 0 Å². The SMILES string of the molecule is COc1ccc(-c2cccc(C(O)=S)c2)cc1Br. The maximum Gasteiger partial charge on any atom is 0.188 e. The highest BCUT2D eigenvalue weighted by Crippen LogP contribution is 2.30. The molecule has 0 heterocycles. The fourth-order valence-corrected chi connectivity index (χ4v) is 2.35. The number of ether oxygens (including phenoxy) is 1. The number of hydrogen-bond acceptors (Lipinski definition) is 2. The molecule has 0 bridgehead atoms. The molecule has 0 spiro atoms. The molecule has 0 aliphatic heterocycles. The quantitative estimate of drug-likeness (QED) is 0.851. The Morgan fingerprint density at radius 3 is 2.50 bits per heavy atom. The summed E-state index contributed by atoms with van der Waals surface area (Å²) in [6, 6.07) is 13.3. The first-order valence-electron chi connectivity index (χ1n) is 5.29. The topological polar surface area (TPSA) is 29.5 Å². The van der Waals surface area contributed by atoms with Gasteiger partial charge >= 0.3 is 0 Å². The molecule has 2 nitrogen and oxygen atoms in total. The molecular weight excluding hydrogens is 312 g/mol. The standard InChI is InChI=1S/C14H11BrO2S/c1-17-13-6-5-10(8-12(13)15)9-3-2-4-11(7-9)14(16)18/h2-8H,1H3,(H,16,18). The molecule has 0 fully saturated rings. The van der Waals surface area contributed by atoms with Crippen molar-refractivity contribution < 1.29 is 9.84 Å². The van der Waals surface area contributed by atoms with Crippen LogP contribution < -0.4 is 4.74 Å². The molecule has 0 saturated heterocycles. The molecule has 0 aromatic heterocycles. The van der Waals surface area contributed by atoms with Crippen molar-refractivity contribution in [1.82, 2.24) is 0 Å². The highest BCUT2D eigenvalue weighted by atomic mass is 79.9. The van der Waals surface area contributed by atoms with Gasteiger partial charge < -0.3 is 9.84 Å². The second kappa shape index (κ2) is 5.50. The van der Waals surface area contributed by atoms with E-state index < -0.39 is 0 Å². The first-order chi connectivity index (χ1) is 8.61. The van der Waals surface area contributed by atoms with Gasteiger partial charge in [-0.2, -0.15) is 0 Å². The fourth-order valence-electron chi connectivity index (χ4n) is 1.68. The highest BCUT2D eigenvalue weighted by molar-refractivity contribution is 9.10. The predicted molar refractivity (Wildman–Crippen MR) is 80.5 cm³/mol. The van der Waals surface area contributed by atoms with Gasteiger partial charge in [-0.15, -0.1) is 0 Å². The van der Waals surface area contributed by atoms with Crippen LogP contribution >= 0.6 is 28.1 Å². The van der Waals surface area contributed by atoms with Crippen LogP contribution in [0.15, 0.2) is 46.9 Å². The molecule has 0 amide bonds. The molecule has 0 aliphatic carbocycles. The minimum absolute atomic E-state index is 0.0931. The normalized spacial score (nSPS) is 10.1. The second-order valence-electron chi connectivity index (χ2n) is 3.74. The lowest BCUT2D eigenvalue weighted by atomic mass is 10.0. The Hall–Kier alpha value is -1.39. The van der Waals surface area contributed by atoms with E-state index in [1.54, 1.807) is 13.2 Å². The van der Waals surface area contributed by atoms with Gasteiger partial charge in [-0.3, -0.25) is 0 Å². The fraction of sp³-hybridized carbons (Fsp3) is 0.0714. The lowest BCUT2D eigenvalue weighted by molar-refractivity contribution is 0.412. The summed E-state index contributed by atoms with van der Waals surface area (Å²) in [7, 11) is 1.63. The Morgan fingerprint density at radius 2 is 1.89 bits per heavy atom. The van der Waals surface area contributed by atoms with E-state index >= 15 is 0 Å². The zero-order chi connectivity index (χ0) is 13.1. The maximum atomic E-state index is 9.33. The molecule has 0 atom stereocenters. The molecule has 2 aromatic carbocycles. The van der Waals surface area contributed by atoms with Crippen LogP contribution in [0.5, 0.6) is 5.75 Å². The number of aliphatic hydroxyl groups is 1. The van der Waals surface area contributed by atoms with Crippen molar-refractivity contribution in [1.29, 1.82) is 0 Å². The van der Waals surface area contributed by atoms with Gasteiger partial charge in [0.25, 0.3) is 0 Å². The molecule has 92 valence electrons. The van der Waals surface area contributed by atoms with Crippen molar-refractivity contribution >= 4 is 33.2 Å². The third-order valence-corrected chi connectivity index (χ3v) is 3.45. The van der Waals surface area contributed by atoms with Crippen molar-refractivity contribution in [3.05, 3.63) is 52.5 Å². The summed E-state index contributed by atoms with van der Waals surface area (Å²) in [6.45, 7) is 0. The summed E-state index contributed by atoms with van der Waals surface area (Å²) in [5.41, 5.74) is 2.67. The Labute approximate surface area is 119 Å². The summed E-state index contributed by atoms with van der Waals surface area (Å²) in [6.07, 6.45) is 0. The van der Waals surface area contributed by atoms with Crippen molar-refractivity contribution in [3.8, 4) is 16.9 Å². The first-order valence-corrected chi connectivity index (χ1v) is 6.49. The molecule has 4 heteroatoms. The smallest absolute Gasteiger partial charge is 0.188 e.